The minimum absolute atomic E-state index is 0.139. The van der Waals surface area contributed by atoms with Gasteiger partial charge in [-0.05, 0) is 37.3 Å². The van der Waals surface area contributed by atoms with E-state index < -0.39 is 18.2 Å². The second kappa shape index (κ2) is 11.9. The van der Waals surface area contributed by atoms with Gasteiger partial charge in [0.2, 0.25) is 11.8 Å². The molecule has 192 valence electrons. The van der Waals surface area contributed by atoms with Gasteiger partial charge in [-0.25, -0.2) is 0 Å². The van der Waals surface area contributed by atoms with Crippen molar-refractivity contribution < 1.29 is 14.7 Å². The van der Waals surface area contributed by atoms with E-state index in [9.17, 15) is 14.7 Å². The van der Waals surface area contributed by atoms with Gasteiger partial charge in [-0.3, -0.25) is 14.6 Å². The molecule has 2 amide bonds. The number of nitrogens with one attached hydrogen (secondary N) is 2. The largest absolute Gasteiger partial charge is 0.391 e. The van der Waals surface area contributed by atoms with Crippen molar-refractivity contribution in [2.75, 3.05) is 13.1 Å². The molecule has 2 rings (SSSR count). The lowest BCUT2D eigenvalue weighted by Crippen LogP contribution is -2.60. The number of amides is 2. The van der Waals surface area contributed by atoms with Crippen LogP contribution >= 0.6 is 11.3 Å². The quantitative estimate of drug-likeness (QED) is 0.450. The molecule has 1 aromatic heterocycles. The number of β-amino-alcohol motifs (C(OH)–C–C–N with tert-alkyl or cyclic N) is 1. The van der Waals surface area contributed by atoms with Crippen LogP contribution in [-0.2, 0) is 9.59 Å². The number of likely N-dealkylation sites (tertiary alicyclic amines) is 1. The van der Waals surface area contributed by atoms with Crippen molar-refractivity contribution in [1.29, 1.82) is 0 Å². The summed E-state index contributed by atoms with van der Waals surface area (Å²) in [6.07, 6.45) is 8.46. The summed E-state index contributed by atoms with van der Waals surface area (Å²) >= 11 is 1.52. The summed E-state index contributed by atoms with van der Waals surface area (Å²) in [5.74, 6) is -0.465. The van der Waals surface area contributed by atoms with Crippen molar-refractivity contribution in [2.45, 2.75) is 71.7 Å². The average Bonchev–Trinajstić information content (AvgIpc) is 3.42. The smallest absolute Gasteiger partial charge is 0.243 e. The molecule has 0 aromatic carbocycles. The van der Waals surface area contributed by atoms with E-state index in [1.807, 2.05) is 53.7 Å². The van der Waals surface area contributed by atoms with Crippen LogP contribution in [0.4, 0.5) is 0 Å². The zero-order valence-electron chi connectivity index (χ0n) is 21.8. The van der Waals surface area contributed by atoms with Crippen LogP contribution in [0.2, 0.25) is 0 Å². The lowest BCUT2D eigenvalue weighted by atomic mass is 9.84. The first-order valence-corrected chi connectivity index (χ1v) is 12.7. The molecule has 1 aliphatic heterocycles. The predicted molar refractivity (Wildman–Crippen MR) is 144 cm³/mol. The fourth-order valence-corrected chi connectivity index (χ4v) is 4.51. The first-order valence-electron chi connectivity index (χ1n) is 11.9. The van der Waals surface area contributed by atoms with Crippen molar-refractivity contribution >= 4 is 28.7 Å². The number of hydrogen-bond donors (Lipinski definition) is 3. The molecular formula is C27H40N4O3S. The van der Waals surface area contributed by atoms with Crippen molar-refractivity contribution in [3.05, 3.63) is 59.6 Å². The van der Waals surface area contributed by atoms with Gasteiger partial charge in [0.25, 0.3) is 0 Å². The predicted octanol–water partition coefficient (Wildman–Crippen LogP) is 3.71. The molecule has 0 aliphatic carbocycles. The number of carbonyl (C=O) groups excluding carboxylic acids is 2. The van der Waals surface area contributed by atoms with Crippen LogP contribution in [0, 0.1) is 5.41 Å². The van der Waals surface area contributed by atoms with Gasteiger partial charge in [0, 0.05) is 31.2 Å². The van der Waals surface area contributed by atoms with Crippen LogP contribution in [0.1, 0.15) is 52.8 Å². The summed E-state index contributed by atoms with van der Waals surface area (Å²) in [4.78, 5) is 33.3. The Kier molecular flexibility index (Phi) is 9.77. The average molecular weight is 501 g/mol. The number of aromatic nitrogens is 1. The van der Waals surface area contributed by atoms with Gasteiger partial charge in [-0.1, -0.05) is 58.2 Å². The molecule has 8 heteroatoms. The number of nitrogens with zero attached hydrogens (tertiary/aromatic N) is 2. The minimum Gasteiger partial charge on any atom is -0.391 e. The fourth-order valence-electron chi connectivity index (χ4n) is 3.87. The molecule has 35 heavy (non-hydrogen) atoms. The standard InChI is InChI=1S/C27H40N4O3S/c1-9-18(11-12-19(10-2)22-15-28-17-35-22)14-29-24(33)21-13-20(32)16-31(21)25(34)23(26(3,4)5)30-27(6,7)8/h9-12,15,17,20-21,23,30,32H,1-2,13-14,16H2,3-8H3,(H,29,33)/b18-11+,19-12+/t20-,21+,23-/m1/s1. The maximum atomic E-state index is 13.6. The van der Waals surface area contributed by atoms with Gasteiger partial charge < -0.3 is 20.6 Å². The molecule has 0 spiro atoms. The topological polar surface area (TPSA) is 94.6 Å². The number of hydrogen-bond acceptors (Lipinski definition) is 6. The normalized spacial score (nSPS) is 20.5. The minimum atomic E-state index is -0.739. The van der Waals surface area contributed by atoms with Crippen LogP contribution in [0.15, 0.2) is 54.7 Å². The van der Waals surface area contributed by atoms with E-state index in [0.29, 0.717) is 0 Å². The third-order valence-corrected chi connectivity index (χ3v) is 6.52. The highest BCUT2D eigenvalue weighted by molar-refractivity contribution is 7.10. The van der Waals surface area contributed by atoms with E-state index >= 15 is 0 Å². The highest BCUT2D eigenvalue weighted by Gasteiger charge is 2.44. The molecule has 3 atom stereocenters. The Balaban J connectivity index is 2.15. The summed E-state index contributed by atoms with van der Waals surface area (Å²) in [7, 11) is 0. The Morgan fingerprint density at radius 2 is 1.91 bits per heavy atom. The van der Waals surface area contributed by atoms with Crippen LogP contribution in [0.5, 0.6) is 0 Å². The van der Waals surface area contributed by atoms with E-state index in [1.165, 1.54) is 16.2 Å². The van der Waals surface area contributed by atoms with Crippen molar-refractivity contribution in [3.63, 3.8) is 0 Å². The third-order valence-electron chi connectivity index (χ3n) is 5.70. The van der Waals surface area contributed by atoms with Gasteiger partial charge in [-0.2, -0.15) is 0 Å². The van der Waals surface area contributed by atoms with Crippen LogP contribution in [-0.4, -0.2) is 63.6 Å². The Hall–Kier alpha value is -2.55. The molecule has 1 aromatic rings. The van der Waals surface area contributed by atoms with E-state index in [-0.39, 0.29) is 42.3 Å². The van der Waals surface area contributed by atoms with Crippen molar-refractivity contribution in [1.82, 2.24) is 20.5 Å². The molecule has 3 N–H and O–H groups in total. The number of allylic oxidation sites excluding steroid dienone is 4. The lowest BCUT2D eigenvalue weighted by molar-refractivity contribution is -0.142. The second-order valence-electron chi connectivity index (χ2n) is 10.9. The maximum Gasteiger partial charge on any atom is 0.243 e. The fraction of sp³-hybridized carbons (Fsp3) is 0.519. The summed E-state index contributed by atoms with van der Waals surface area (Å²) in [5.41, 5.74) is 2.83. The monoisotopic (exact) mass is 500 g/mol. The molecule has 0 unspecified atom stereocenters. The number of carbonyl (C=O) groups is 2. The summed E-state index contributed by atoms with van der Waals surface area (Å²) < 4.78 is 0. The first kappa shape index (κ1) is 28.7. The summed E-state index contributed by atoms with van der Waals surface area (Å²) in [5, 5.41) is 16.6. The molecule has 0 bridgehead atoms. The zero-order valence-corrected chi connectivity index (χ0v) is 22.6. The number of rotatable bonds is 9. The maximum absolute atomic E-state index is 13.6. The van der Waals surface area contributed by atoms with Crippen LogP contribution in [0.3, 0.4) is 0 Å². The van der Waals surface area contributed by atoms with Gasteiger partial charge in [0.15, 0.2) is 0 Å². The molecule has 0 saturated carbocycles. The Labute approximate surface area is 213 Å². The highest BCUT2D eigenvalue weighted by atomic mass is 32.1. The van der Waals surface area contributed by atoms with E-state index in [0.717, 1.165) is 16.0 Å². The van der Waals surface area contributed by atoms with E-state index in [4.69, 9.17) is 0 Å². The summed E-state index contributed by atoms with van der Waals surface area (Å²) in [6, 6.07) is -1.23. The Morgan fingerprint density at radius 3 is 2.43 bits per heavy atom. The second-order valence-corrected chi connectivity index (χ2v) is 11.8. The molecule has 2 heterocycles. The van der Waals surface area contributed by atoms with Gasteiger partial charge in [0.1, 0.15) is 6.04 Å². The van der Waals surface area contributed by atoms with Gasteiger partial charge >= 0.3 is 0 Å². The zero-order chi connectivity index (χ0) is 26.4. The Bertz CT molecular complexity index is 968. The van der Waals surface area contributed by atoms with Crippen LogP contribution < -0.4 is 10.6 Å². The molecule has 7 nitrogen and oxygen atoms in total. The Morgan fingerprint density at radius 1 is 1.23 bits per heavy atom. The number of aliphatic hydroxyl groups excluding tert-OH is 1. The lowest BCUT2D eigenvalue weighted by Gasteiger charge is -2.39. The van der Waals surface area contributed by atoms with E-state index in [2.05, 4.69) is 28.8 Å². The SMILES string of the molecule is C=C/C(=C\C=C(/C=C)c1cncs1)CNC(=O)[C@@H]1C[C@@H](O)CN1C(=O)[C@@H](NC(C)(C)C)C(C)(C)C. The van der Waals surface area contributed by atoms with Crippen molar-refractivity contribution in [2.24, 2.45) is 5.41 Å². The third kappa shape index (κ3) is 8.26. The molecular weight excluding hydrogens is 460 g/mol. The summed E-state index contributed by atoms with van der Waals surface area (Å²) in [6.45, 7) is 20.1. The first-order chi connectivity index (χ1) is 16.3. The molecule has 1 fully saturated rings. The van der Waals surface area contributed by atoms with Gasteiger partial charge in [0.05, 0.1) is 22.5 Å². The van der Waals surface area contributed by atoms with Crippen LogP contribution in [0.25, 0.3) is 5.57 Å². The molecule has 1 aliphatic rings. The molecule has 0 radical (unpaired) electrons. The molecule has 1 saturated heterocycles. The van der Waals surface area contributed by atoms with Crippen molar-refractivity contribution in [3.8, 4) is 0 Å². The highest BCUT2D eigenvalue weighted by Crippen LogP contribution is 2.27. The van der Waals surface area contributed by atoms with E-state index in [1.54, 1.807) is 23.9 Å². The number of aliphatic hydroxyl groups is 1. The van der Waals surface area contributed by atoms with Gasteiger partial charge in [-0.15, -0.1) is 11.3 Å². The number of thiazole rings is 1.